The van der Waals surface area contributed by atoms with Crippen molar-refractivity contribution in [3.05, 3.63) is 0 Å². The van der Waals surface area contributed by atoms with Crippen molar-refractivity contribution >= 4 is 39.5 Å². The molecule has 3 unspecified atom stereocenters. The van der Waals surface area contributed by atoms with Gasteiger partial charge in [0.1, 0.15) is 19.3 Å². The summed E-state index contributed by atoms with van der Waals surface area (Å²) in [5, 5.41) is 10.6. The van der Waals surface area contributed by atoms with Gasteiger partial charge in [0.2, 0.25) is 0 Å². The Balaban J connectivity index is 5.11. The van der Waals surface area contributed by atoms with Crippen LogP contribution in [-0.2, 0) is 65.4 Å². The summed E-state index contributed by atoms with van der Waals surface area (Å²) >= 11 is 0. The fourth-order valence-electron chi connectivity index (χ4n) is 11.8. The number of esters is 4. The quantitative estimate of drug-likeness (QED) is 0.0222. The molecule has 0 saturated heterocycles. The number of rotatable bonds is 76. The molecule has 6 atom stereocenters. The smallest absolute Gasteiger partial charge is 0.462 e. The van der Waals surface area contributed by atoms with Gasteiger partial charge in [0.15, 0.2) is 12.2 Å². The summed E-state index contributed by atoms with van der Waals surface area (Å²) in [5.74, 6) is -0.542. The van der Waals surface area contributed by atoms with Crippen molar-refractivity contribution in [3.63, 3.8) is 0 Å². The molecular formula is C77H150O17P2. The second-order valence-electron chi connectivity index (χ2n) is 28.5. The Hall–Kier alpha value is -1.94. The predicted molar refractivity (Wildman–Crippen MR) is 391 cm³/mol. The van der Waals surface area contributed by atoms with Crippen molar-refractivity contribution < 1.29 is 80.2 Å². The molecule has 0 aromatic carbocycles. The molecule has 0 rings (SSSR count). The molecule has 3 N–H and O–H groups in total. The van der Waals surface area contributed by atoms with Crippen LogP contribution in [0.1, 0.15) is 401 Å². The molecule has 0 spiro atoms. The minimum absolute atomic E-state index is 0.105. The lowest BCUT2D eigenvalue weighted by atomic mass is 9.99. The predicted octanol–water partition coefficient (Wildman–Crippen LogP) is 22.7. The van der Waals surface area contributed by atoms with E-state index < -0.39 is 97.5 Å². The molecule has 0 fully saturated rings. The van der Waals surface area contributed by atoms with Crippen LogP contribution in [0.5, 0.6) is 0 Å². The third-order valence-corrected chi connectivity index (χ3v) is 20.2. The summed E-state index contributed by atoms with van der Waals surface area (Å²) in [4.78, 5) is 72.5. The van der Waals surface area contributed by atoms with Crippen LogP contribution in [0, 0.1) is 11.8 Å². The number of phosphoric ester groups is 2. The first-order chi connectivity index (χ1) is 46.4. The highest BCUT2D eigenvalue weighted by atomic mass is 31.2. The summed E-state index contributed by atoms with van der Waals surface area (Å²) in [6.45, 7) is 9.54. The van der Waals surface area contributed by atoms with Gasteiger partial charge in [-0.2, -0.15) is 0 Å². The average Bonchev–Trinajstić information content (AvgIpc) is 1.51. The molecule has 0 saturated carbocycles. The topological polar surface area (TPSA) is 237 Å². The second kappa shape index (κ2) is 68.8. The van der Waals surface area contributed by atoms with Gasteiger partial charge >= 0.3 is 39.5 Å². The Labute approximate surface area is 588 Å². The monoisotopic (exact) mass is 1410 g/mol. The summed E-state index contributed by atoms with van der Waals surface area (Å²) in [6, 6.07) is 0. The van der Waals surface area contributed by atoms with Gasteiger partial charge in [-0.15, -0.1) is 0 Å². The molecular weight excluding hydrogens is 1260 g/mol. The van der Waals surface area contributed by atoms with E-state index in [-0.39, 0.29) is 25.7 Å². The fourth-order valence-corrected chi connectivity index (χ4v) is 13.4. The first-order valence-electron chi connectivity index (χ1n) is 40.0. The molecule has 0 heterocycles. The molecule has 0 aliphatic carbocycles. The van der Waals surface area contributed by atoms with E-state index in [4.69, 9.17) is 37.0 Å². The van der Waals surface area contributed by atoms with Gasteiger partial charge in [-0.3, -0.25) is 37.3 Å². The highest BCUT2D eigenvalue weighted by Crippen LogP contribution is 2.45. The van der Waals surface area contributed by atoms with E-state index in [1.807, 2.05) is 0 Å². The van der Waals surface area contributed by atoms with Crippen molar-refractivity contribution in [2.45, 2.75) is 419 Å². The van der Waals surface area contributed by atoms with Gasteiger partial charge in [0.25, 0.3) is 0 Å². The Kier molecular flexibility index (Phi) is 67.4. The Morgan fingerprint density at radius 2 is 0.531 bits per heavy atom. The van der Waals surface area contributed by atoms with Crippen LogP contribution in [0.4, 0.5) is 0 Å². The zero-order chi connectivity index (χ0) is 70.7. The van der Waals surface area contributed by atoms with Gasteiger partial charge in [0.05, 0.1) is 26.4 Å². The standard InChI is InChI=1S/C77H150O17P2/c1-7-10-12-14-15-16-17-18-19-20-21-22-23-24-25-26-27-32-38-43-49-55-61-77(82)94-73(66-88-75(80)60-54-48-42-37-31-29-28-30-35-40-46-51-57-69(4)5)68-92-96(85,86)90-64-71(78)63-89-95(83,84)91-67-72(65-87-74(79)59-53-45-13-11-8-2)93-76(81)62-56-50-44-39-34-33-36-41-47-52-58-70(6)9-3/h69-73,78H,7-68H2,1-6H3,(H,83,84)(H,85,86)/t70?,71-,72+,73+/m0/s1. The van der Waals surface area contributed by atoms with Crippen LogP contribution in [0.3, 0.4) is 0 Å². The Morgan fingerprint density at radius 3 is 0.792 bits per heavy atom. The summed E-state index contributed by atoms with van der Waals surface area (Å²) < 4.78 is 68.3. The molecule has 17 nitrogen and oxygen atoms in total. The maximum atomic E-state index is 13.1. The molecule has 0 bridgehead atoms. The average molecular weight is 1410 g/mol. The van der Waals surface area contributed by atoms with E-state index in [2.05, 4.69) is 41.5 Å². The van der Waals surface area contributed by atoms with E-state index in [0.717, 1.165) is 108 Å². The van der Waals surface area contributed by atoms with Gasteiger partial charge in [-0.05, 0) is 37.5 Å². The first-order valence-corrected chi connectivity index (χ1v) is 43.0. The van der Waals surface area contributed by atoms with Crippen LogP contribution in [0.15, 0.2) is 0 Å². The molecule has 0 aromatic heterocycles. The van der Waals surface area contributed by atoms with Gasteiger partial charge < -0.3 is 33.8 Å². The fraction of sp³-hybridized carbons (Fsp3) is 0.948. The number of carbonyl (C=O) groups is 4. The molecule has 19 heteroatoms. The number of aliphatic hydroxyl groups excluding tert-OH is 1. The number of hydrogen-bond acceptors (Lipinski definition) is 15. The van der Waals surface area contributed by atoms with Crippen LogP contribution < -0.4 is 0 Å². The maximum absolute atomic E-state index is 13.1. The molecule has 0 amide bonds. The van der Waals surface area contributed by atoms with Crippen molar-refractivity contribution in [3.8, 4) is 0 Å². The molecule has 0 aliphatic rings. The minimum atomic E-state index is -4.96. The number of hydrogen-bond donors (Lipinski definition) is 3. The second-order valence-corrected chi connectivity index (χ2v) is 31.4. The third kappa shape index (κ3) is 69.2. The zero-order valence-electron chi connectivity index (χ0n) is 62.7. The molecule has 0 aliphatic heterocycles. The summed E-state index contributed by atoms with van der Waals surface area (Å²) in [6.07, 6.45) is 57.4. The number of unbranched alkanes of at least 4 members (excludes halogenated alkanes) is 45. The van der Waals surface area contributed by atoms with Crippen molar-refractivity contribution in [2.24, 2.45) is 11.8 Å². The summed E-state index contributed by atoms with van der Waals surface area (Å²) in [7, 11) is -9.90. The minimum Gasteiger partial charge on any atom is -0.462 e. The Bertz CT molecular complexity index is 1860. The summed E-state index contributed by atoms with van der Waals surface area (Å²) in [5.41, 5.74) is 0. The largest absolute Gasteiger partial charge is 0.472 e. The number of phosphoric acid groups is 2. The van der Waals surface area contributed by atoms with Gasteiger partial charge in [0, 0.05) is 25.7 Å². The van der Waals surface area contributed by atoms with E-state index >= 15 is 0 Å². The Morgan fingerprint density at radius 1 is 0.302 bits per heavy atom. The molecule has 0 radical (unpaired) electrons. The highest BCUT2D eigenvalue weighted by molar-refractivity contribution is 7.47. The van der Waals surface area contributed by atoms with Gasteiger partial charge in [-0.1, -0.05) is 350 Å². The van der Waals surface area contributed by atoms with E-state index in [1.165, 1.54) is 212 Å². The number of aliphatic hydroxyl groups is 1. The van der Waals surface area contributed by atoms with Crippen LogP contribution in [0.2, 0.25) is 0 Å². The van der Waals surface area contributed by atoms with Crippen LogP contribution in [-0.4, -0.2) is 96.7 Å². The zero-order valence-corrected chi connectivity index (χ0v) is 64.5. The molecule has 570 valence electrons. The normalized spacial score (nSPS) is 14.3. The molecule has 96 heavy (non-hydrogen) atoms. The lowest BCUT2D eigenvalue weighted by Gasteiger charge is -2.21. The SMILES string of the molecule is CCCCCCCCCCCCCCCCCCCCCCCCC(=O)O[C@H](COC(=O)CCCCCCCCCCCCCCC(C)C)COP(=O)(O)OC[C@@H](O)COP(=O)(O)OC[C@@H](COC(=O)CCCCCCC)OC(=O)CCCCCCCCCCCCC(C)CC. The lowest BCUT2D eigenvalue weighted by Crippen LogP contribution is -2.30. The van der Waals surface area contributed by atoms with Crippen molar-refractivity contribution in [1.29, 1.82) is 0 Å². The van der Waals surface area contributed by atoms with E-state index in [1.54, 1.807) is 0 Å². The van der Waals surface area contributed by atoms with Crippen molar-refractivity contribution in [1.82, 2.24) is 0 Å². The maximum Gasteiger partial charge on any atom is 0.472 e. The lowest BCUT2D eigenvalue weighted by molar-refractivity contribution is -0.161. The van der Waals surface area contributed by atoms with E-state index in [9.17, 15) is 43.2 Å². The van der Waals surface area contributed by atoms with Crippen LogP contribution >= 0.6 is 15.6 Å². The third-order valence-electron chi connectivity index (χ3n) is 18.3. The molecule has 0 aromatic rings. The highest BCUT2D eigenvalue weighted by Gasteiger charge is 2.30. The first kappa shape index (κ1) is 94.1. The van der Waals surface area contributed by atoms with Crippen molar-refractivity contribution in [2.75, 3.05) is 39.6 Å². The van der Waals surface area contributed by atoms with Crippen LogP contribution in [0.25, 0.3) is 0 Å². The number of carbonyl (C=O) groups excluding carboxylic acids is 4. The van der Waals surface area contributed by atoms with E-state index in [0.29, 0.717) is 25.7 Å². The van der Waals surface area contributed by atoms with Gasteiger partial charge in [-0.25, -0.2) is 9.13 Å². The number of ether oxygens (including phenoxy) is 4.